The molecule has 0 saturated carbocycles. The number of anilines is 1. The molecular formula is C12H16BrN2NaO3S. The van der Waals surface area contributed by atoms with Crippen molar-refractivity contribution in [3.05, 3.63) is 22.3 Å². The van der Waals surface area contributed by atoms with E-state index in [-0.39, 0.29) is 35.3 Å². The summed E-state index contributed by atoms with van der Waals surface area (Å²) in [5, 5.41) is 0. The largest absolute Gasteiger partial charge is 1.00 e. The summed E-state index contributed by atoms with van der Waals surface area (Å²) >= 11 is 1.25. The molecule has 2 heterocycles. The van der Waals surface area contributed by atoms with Crippen LogP contribution in [0, 0.1) is 0 Å². The van der Waals surface area contributed by atoms with E-state index in [4.69, 9.17) is 4.74 Å². The van der Waals surface area contributed by atoms with Crippen LogP contribution in [0.15, 0.2) is 16.7 Å². The fourth-order valence-corrected chi connectivity index (χ4v) is 3.11. The van der Waals surface area contributed by atoms with Crippen molar-refractivity contribution in [2.75, 3.05) is 24.7 Å². The number of ether oxygens (including phenoxy) is 1. The smallest absolute Gasteiger partial charge is 0.772 e. The Labute approximate surface area is 152 Å². The zero-order valence-electron chi connectivity index (χ0n) is 11.7. The summed E-state index contributed by atoms with van der Waals surface area (Å²) in [7, 11) is 0. The number of pyridine rings is 1. The fraction of sp³-hybridized carbons (Fsp3) is 0.583. The number of aromatic nitrogens is 1. The minimum atomic E-state index is -2.09. The van der Waals surface area contributed by atoms with Crippen LogP contribution in [0.5, 0.6) is 0 Å². The average molecular weight is 371 g/mol. The summed E-state index contributed by atoms with van der Waals surface area (Å²) in [6.45, 7) is 4.25. The molecule has 2 atom stereocenters. The van der Waals surface area contributed by atoms with Gasteiger partial charge < -0.3 is 14.2 Å². The number of hydrogen-bond donors (Lipinski definition) is 0. The molecule has 0 bridgehead atoms. The first kappa shape index (κ1) is 18.5. The van der Waals surface area contributed by atoms with E-state index in [0.717, 1.165) is 24.3 Å². The van der Waals surface area contributed by atoms with E-state index >= 15 is 0 Å². The van der Waals surface area contributed by atoms with Gasteiger partial charge in [-0.2, -0.15) is 0 Å². The van der Waals surface area contributed by atoms with Crippen LogP contribution in [-0.4, -0.2) is 39.5 Å². The molecule has 1 unspecified atom stereocenters. The topological polar surface area (TPSA) is 65.5 Å². The molecule has 0 aliphatic carbocycles. The standard InChI is InChI=1S/C12H17BrN2O3S.Na/c1-2-10-7-18-4-3-15(10)12-6-9(8-19(16)17)5-11(13)14-12;/h5-6,10H,2-4,7-8H2,1H3,(H,16,17);/q;+1/p-1/t10-;/m0./s1. The van der Waals surface area contributed by atoms with Gasteiger partial charge in [0.15, 0.2) is 0 Å². The zero-order chi connectivity index (χ0) is 13.8. The Balaban J connectivity index is 0.00000200. The third-order valence-corrected chi connectivity index (χ3v) is 4.09. The first-order chi connectivity index (χ1) is 9.10. The monoisotopic (exact) mass is 370 g/mol. The van der Waals surface area contributed by atoms with E-state index < -0.39 is 11.1 Å². The Morgan fingerprint density at radius 3 is 3.00 bits per heavy atom. The number of rotatable bonds is 4. The van der Waals surface area contributed by atoms with Crippen molar-refractivity contribution in [2.24, 2.45) is 0 Å². The quantitative estimate of drug-likeness (QED) is 0.380. The second-order valence-corrected chi connectivity index (χ2v) is 6.14. The van der Waals surface area contributed by atoms with E-state index in [1.54, 1.807) is 6.07 Å². The molecular weight excluding hydrogens is 355 g/mol. The second-order valence-electron chi connectivity index (χ2n) is 4.43. The van der Waals surface area contributed by atoms with Gasteiger partial charge in [-0.25, -0.2) is 4.98 Å². The average Bonchev–Trinajstić information content (AvgIpc) is 2.37. The molecule has 0 spiro atoms. The van der Waals surface area contributed by atoms with Crippen LogP contribution in [0.1, 0.15) is 18.9 Å². The maximum atomic E-state index is 10.8. The van der Waals surface area contributed by atoms with Crippen molar-refractivity contribution in [1.29, 1.82) is 0 Å². The molecule has 0 amide bonds. The van der Waals surface area contributed by atoms with E-state index in [0.29, 0.717) is 23.9 Å². The van der Waals surface area contributed by atoms with Crippen LogP contribution in [0.25, 0.3) is 0 Å². The van der Waals surface area contributed by atoms with Gasteiger partial charge in [-0.15, -0.1) is 0 Å². The van der Waals surface area contributed by atoms with Crippen molar-refractivity contribution in [1.82, 2.24) is 4.98 Å². The third-order valence-electron chi connectivity index (χ3n) is 3.12. The Hall–Kier alpha value is 0.500. The molecule has 1 aromatic rings. The normalized spacial score (nSPS) is 20.4. The van der Waals surface area contributed by atoms with Gasteiger partial charge in [-0.3, -0.25) is 4.21 Å². The predicted molar refractivity (Wildman–Crippen MR) is 76.8 cm³/mol. The van der Waals surface area contributed by atoms with Gasteiger partial charge in [0.25, 0.3) is 0 Å². The molecule has 1 fully saturated rings. The van der Waals surface area contributed by atoms with E-state index in [1.165, 1.54) is 0 Å². The maximum absolute atomic E-state index is 10.8. The fourth-order valence-electron chi connectivity index (χ4n) is 2.20. The van der Waals surface area contributed by atoms with E-state index in [1.807, 2.05) is 6.07 Å². The number of morpholine rings is 1. The Morgan fingerprint density at radius 1 is 1.60 bits per heavy atom. The summed E-state index contributed by atoms with van der Waals surface area (Å²) < 4.78 is 27.8. The molecule has 1 aliphatic heterocycles. The molecule has 1 aromatic heterocycles. The van der Waals surface area contributed by atoms with Gasteiger partial charge in [-0.05, 0) is 40.0 Å². The summed E-state index contributed by atoms with van der Waals surface area (Å²) in [6, 6.07) is 3.87. The SMILES string of the molecule is CC[C@H]1COCCN1c1cc(CS(=O)[O-])cc(Br)n1.[Na+]. The van der Waals surface area contributed by atoms with Crippen LogP contribution < -0.4 is 34.5 Å². The molecule has 0 N–H and O–H groups in total. The van der Waals surface area contributed by atoms with Gasteiger partial charge in [0.1, 0.15) is 10.4 Å². The summed E-state index contributed by atoms with van der Waals surface area (Å²) in [5.74, 6) is 0.819. The van der Waals surface area contributed by atoms with Crippen LogP contribution in [-0.2, 0) is 21.6 Å². The molecule has 20 heavy (non-hydrogen) atoms. The maximum Gasteiger partial charge on any atom is 1.00 e. The molecule has 8 heteroatoms. The van der Waals surface area contributed by atoms with Gasteiger partial charge >= 0.3 is 29.6 Å². The molecule has 1 saturated heterocycles. The van der Waals surface area contributed by atoms with Crippen LogP contribution in [0.3, 0.4) is 0 Å². The van der Waals surface area contributed by atoms with Crippen molar-refractivity contribution in [3.63, 3.8) is 0 Å². The summed E-state index contributed by atoms with van der Waals surface area (Å²) in [6.07, 6.45) is 0.969. The van der Waals surface area contributed by atoms with Crippen LogP contribution in [0.2, 0.25) is 0 Å². The Bertz CT molecular complexity index is 478. The van der Waals surface area contributed by atoms with Crippen molar-refractivity contribution in [2.45, 2.75) is 25.1 Å². The number of halogens is 1. The van der Waals surface area contributed by atoms with Gasteiger partial charge in [0.05, 0.1) is 19.3 Å². The minimum absolute atomic E-state index is 0. The van der Waals surface area contributed by atoms with Crippen molar-refractivity contribution < 1.29 is 43.1 Å². The molecule has 5 nitrogen and oxygen atoms in total. The first-order valence-electron chi connectivity index (χ1n) is 6.17. The molecule has 1 aliphatic rings. The molecule has 0 radical (unpaired) electrons. The predicted octanol–water partition coefficient (Wildman–Crippen LogP) is -1.16. The second kappa shape index (κ2) is 8.82. The number of nitrogens with zero attached hydrogens (tertiary/aromatic N) is 2. The Morgan fingerprint density at radius 2 is 2.35 bits per heavy atom. The van der Waals surface area contributed by atoms with E-state index in [9.17, 15) is 8.76 Å². The third kappa shape index (κ3) is 5.05. The van der Waals surface area contributed by atoms with Gasteiger partial charge in [-0.1, -0.05) is 18.0 Å². The molecule has 106 valence electrons. The molecule has 0 aromatic carbocycles. The number of hydrogen-bond acceptors (Lipinski definition) is 5. The zero-order valence-corrected chi connectivity index (χ0v) is 16.1. The van der Waals surface area contributed by atoms with Crippen molar-refractivity contribution in [3.8, 4) is 0 Å². The van der Waals surface area contributed by atoms with Gasteiger partial charge in [0.2, 0.25) is 0 Å². The van der Waals surface area contributed by atoms with Crippen LogP contribution >= 0.6 is 15.9 Å². The minimum Gasteiger partial charge on any atom is -0.772 e. The Kier molecular flexibility index (Phi) is 8.18. The first-order valence-corrected chi connectivity index (χ1v) is 8.20. The summed E-state index contributed by atoms with van der Waals surface area (Å²) in [4.78, 5) is 6.64. The van der Waals surface area contributed by atoms with Crippen LogP contribution in [0.4, 0.5) is 5.82 Å². The van der Waals surface area contributed by atoms with Gasteiger partial charge in [0, 0.05) is 12.3 Å². The summed E-state index contributed by atoms with van der Waals surface area (Å²) in [5.41, 5.74) is 0.742. The van der Waals surface area contributed by atoms with Crippen molar-refractivity contribution >= 4 is 32.8 Å². The van der Waals surface area contributed by atoms with E-state index in [2.05, 4.69) is 32.7 Å². The molecule has 2 rings (SSSR count).